The molecule has 5 atom stereocenters. The van der Waals surface area contributed by atoms with Crippen molar-refractivity contribution in [2.45, 2.75) is 30.7 Å². The van der Waals surface area contributed by atoms with E-state index < -0.39 is 50.2 Å². The van der Waals surface area contributed by atoms with Gasteiger partial charge in [0, 0.05) is 0 Å². The highest BCUT2D eigenvalue weighted by molar-refractivity contribution is 5.50. The Hall–Kier alpha value is -0.570. The zero-order valence-electron chi connectivity index (χ0n) is 8.81. The van der Waals surface area contributed by atoms with Crippen LogP contribution in [0.1, 0.15) is 1.37 Å². The Morgan fingerprint density at radius 1 is 1.33 bits per heavy atom. The van der Waals surface area contributed by atoms with Crippen molar-refractivity contribution in [3.8, 4) is 0 Å². The summed E-state index contributed by atoms with van der Waals surface area (Å²) in [6.07, 6.45) is -8.01. The number of aliphatic hydroxyl groups excluding tert-OH is 4. The predicted molar refractivity (Wildman–Crippen MR) is 45.8 cm³/mol. The molecule has 1 heterocycles. The van der Waals surface area contributed by atoms with Gasteiger partial charge in [-0.05, 0) is 0 Å². The Labute approximate surface area is 87.3 Å². The monoisotopic (exact) mass is 223 g/mol. The van der Waals surface area contributed by atoms with Gasteiger partial charge >= 0.3 is 0 Å². The molecular weight excluding hydrogens is 208 g/mol. The molecule has 0 saturated carbocycles. The van der Waals surface area contributed by atoms with E-state index in [9.17, 15) is 20.1 Å². The van der Waals surface area contributed by atoms with E-state index in [2.05, 4.69) is 0 Å². The third-order valence-corrected chi connectivity index (χ3v) is 2.15. The third-order valence-electron chi connectivity index (χ3n) is 2.15. The van der Waals surface area contributed by atoms with Crippen molar-refractivity contribution in [2.24, 2.45) is 0 Å². The van der Waals surface area contributed by atoms with E-state index in [0.717, 1.165) is 0 Å². The summed E-state index contributed by atoms with van der Waals surface area (Å²) in [6.45, 7) is -1.18. The van der Waals surface area contributed by atoms with Gasteiger partial charge in [-0.25, -0.2) is 0 Å². The average molecular weight is 223 g/mol. The molecule has 7 nitrogen and oxygen atoms in total. The van der Waals surface area contributed by atoms with Crippen LogP contribution in [-0.4, -0.2) is 70.6 Å². The first kappa shape index (κ1) is 10.9. The maximum Gasteiger partial charge on any atom is 0.187 e. The zero-order chi connectivity index (χ0) is 12.3. The van der Waals surface area contributed by atoms with E-state index in [0.29, 0.717) is 0 Å². The van der Waals surface area contributed by atoms with Crippen LogP contribution in [-0.2, 0) is 14.3 Å². The molecule has 7 heteroatoms. The van der Waals surface area contributed by atoms with E-state index in [1.807, 2.05) is 0 Å². The fraction of sp³-hybridized carbons (Fsp3) is 0.875. The number of ether oxygens (including phenoxy) is 2. The number of aliphatic hydroxyl groups is 4. The molecule has 0 aromatic rings. The first-order chi connectivity index (χ1) is 7.47. The summed E-state index contributed by atoms with van der Waals surface area (Å²) < 4.78 is 16.2. The van der Waals surface area contributed by atoms with E-state index in [1.165, 1.54) is 0 Å². The fourth-order valence-corrected chi connectivity index (χ4v) is 1.32. The van der Waals surface area contributed by atoms with E-state index in [1.54, 1.807) is 0 Å². The molecule has 0 bridgehead atoms. The first-order valence-electron chi connectivity index (χ1n) is 4.89. The fourth-order valence-electron chi connectivity index (χ4n) is 1.32. The van der Waals surface area contributed by atoms with Crippen LogP contribution >= 0.6 is 0 Å². The second kappa shape index (κ2) is 5.50. The molecule has 4 N–H and O–H groups in total. The van der Waals surface area contributed by atoms with Gasteiger partial charge in [0.25, 0.3) is 0 Å². The Morgan fingerprint density at radius 2 is 2.00 bits per heavy atom. The SMILES string of the molecule is [2H]C(=O)COC1O[C@H](CO)[C@@H](O)[C@H](O)[C@@H]1O. The van der Waals surface area contributed by atoms with Crippen molar-refractivity contribution in [1.82, 2.24) is 0 Å². The molecule has 15 heavy (non-hydrogen) atoms. The van der Waals surface area contributed by atoms with Crippen LogP contribution in [0.3, 0.4) is 0 Å². The molecule has 1 saturated heterocycles. The minimum atomic E-state index is -1.54. The van der Waals surface area contributed by atoms with Crippen molar-refractivity contribution >= 4 is 6.26 Å². The smallest absolute Gasteiger partial charge is 0.187 e. The summed E-state index contributed by atoms with van der Waals surface area (Å²) in [5.41, 5.74) is 0. The standard InChI is InChI=1S/C8H14O7/c9-1-2-14-8-7(13)6(12)5(11)4(3-10)15-8/h1,4-8,10-13H,2-3H2/t4-,5-,6+,7+,8?/m1/s1/i1D. The number of rotatable bonds is 4. The van der Waals surface area contributed by atoms with Gasteiger partial charge in [0.2, 0.25) is 0 Å². The number of carbonyl (C=O) groups excluding carboxylic acids is 1. The summed E-state index contributed by atoms with van der Waals surface area (Å²) in [5.74, 6) is 0. The lowest BCUT2D eigenvalue weighted by Crippen LogP contribution is -2.59. The van der Waals surface area contributed by atoms with Crippen molar-refractivity contribution in [3.05, 3.63) is 0 Å². The minimum absolute atomic E-state index is 0.570. The topological polar surface area (TPSA) is 116 Å². The Morgan fingerprint density at radius 3 is 2.53 bits per heavy atom. The number of aldehydes is 1. The van der Waals surface area contributed by atoms with Gasteiger partial charge in [-0.15, -0.1) is 0 Å². The molecule has 1 aliphatic rings. The molecule has 0 aromatic carbocycles. The summed E-state index contributed by atoms with van der Waals surface area (Å²) in [5, 5.41) is 37.0. The normalized spacial score (nSPS) is 42.4. The van der Waals surface area contributed by atoms with Crippen LogP contribution in [0, 0.1) is 0 Å². The van der Waals surface area contributed by atoms with E-state index in [4.69, 9.17) is 16.0 Å². The van der Waals surface area contributed by atoms with Gasteiger partial charge in [0.05, 0.1) is 6.61 Å². The number of hydrogen-bond acceptors (Lipinski definition) is 7. The van der Waals surface area contributed by atoms with E-state index >= 15 is 0 Å². The Kier molecular flexibility index (Phi) is 4.01. The first-order valence-corrected chi connectivity index (χ1v) is 4.39. The molecule has 1 unspecified atom stereocenters. The van der Waals surface area contributed by atoms with Crippen molar-refractivity contribution in [3.63, 3.8) is 0 Å². The van der Waals surface area contributed by atoms with Gasteiger partial charge in [-0.3, -0.25) is 0 Å². The molecule has 0 radical (unpaired) electrons. The molecule has 1 rings (SSSR count). The van der Waals surface area contributed by atoms with Gasteiger partial charge < -0.3 is 34.7 Å². The number of carbonyl (C=O) groups is 1. The van der Waals surface area contributed by atoms with Crippen LogP contribution in [0.4, 0.5) is 0 Å². The molecule has 0 aromatic heterocycles. The lowest BCUT2D eigenvalue weighted by atomic mass is 9.99. The Balaban J connectivity index is 2.60. The highest BCUT2D eigenvalue weighted by Gasteiger charge is 2.43. The summed E-state index contributed by atoms with van der Waals surface area (Å²) in [4.78, 5) is 10.3. The van der Waals surface area contributed by atoms with Crippen molar-refractivity contribution in [1.29, 1.82) is 0 Å². The lowest BCUT2D eigenvalue weighted by Gasteiger charge is -2.39. The zero-order valence-corrected chi connectivity index (χ0v) is 7.81. The average Bonchev–Trinajstić information content (AvgIpc) is 2.25. The summed E-state index contributed by atoms with van der Waals surface area (Å²) in [7, 11) is 0. The highest BCUT2D eigenvalue weighted by atomic mass is 16.7. The second-order valence-corrected chi connectivity index (χ2v) is 3.15. The summed E-state index contributed by atoms with van der Waals surface area (Å²) >= 11 is 0. The van der Waals surface area contributed by atoms with Gasteiger partial charge in [0.15, 0.2) is 6.29 Å². The van der Waals surface area contributed by atoms with E-state index in [-0.39, 0.29) is 0 Å². The van der Waals surface area contributed by atoms with Gasteiger partial charge in [0.1, 0.15) is 38.7 Å². The van der Waals surface area contributed by atoms with Crippen LogP contribution < -0.4 is 0 Å². The molecule has 0 spiro atoms. The molecule has 88 valence electrons. The maximum atomic E-state index is 10.3. The second-order valence-electron chi connectivity index (χ2n) is 3.15. The van der Waals surface area contributed by atoms with Crippen LogP contribution in [0.2, 0.25) is 0 Å². The third kappa shape index (κ3) is 2.71. The predicted octanol–water partition coefficient (Wildman–Crippen LogP) is -3.00. The molecular formula is C8H14O7. The van der Waals surface area contributed by atoms with Gasteiger partial charge in [-0.2, -0.15) is 0 Å². The quantitative estimate of drug-likeness (QED) is 0.375. The van der Waals surface area contributed by atoms with Crippen LogP contribution in [0.25, 0.3) is 0 Å². The highest BCUT2D eigenvalue weighted by Crippen LogP contribution is 2.21. The summed E-state index contributed by atoms with van der Waals surface area (Å²) in [6, 6.07) is 0. The van der Waals surface area contributed by atoms with Crippen molar-refractivity contribution in [2.75, 3.05) is 13.2 Å². The maximum absolute atomic E-state index is 10.3. The lowest BCUT2D eigenvalue weighted by molar-refractivity contribution is -0.298. The molecule has 1 aliphatic heterocycles. The van der Waals surface area contributed by atoms with Crippen molar-refractivity contribution < 1.29 is 36.1 Å². The van der Waals surface area contributed by atoms with Gasteiger partial charge in [-0.1, -0.05) is 0 Å². The van der Waals surface area contributed by atoms with Crippen LogP contribution in [0.15, 0.2) is 0 Å². The minimum Gasteiger partial charge on any atom is -0.394 e. The molecule has 0 amide bonds. The number of hydrogen-bond donors (Lipinski definition) is 4. The molecule has 0 aliphatic carbocycles. The van der Waals surface area contributed by atoms with Crippen LogP contribution in [0.5, 0.6) is 0 Å². The largest absolute Gasteiger partial charge is 0.394 e. The Bertz CT molecular complexity index is 247. The molecule has 1 fully saturated rings.